The number of carbonyl (C=O) groups excluding carboxylic acids is 1. The van der Waals surface area contributed by atoms with Crippen LogP contribution in [0.15, 0.2) is 28.8 Å². The molecule has 138 valence electrons. The van der Waals surface area contributed by atoms with Crippen LogP contribution in [0.1, 0.15) is 43.8 Å². The minimum atomic E-state index is -0.269. The maximum absolute atomic E-state index is 13.1. The van der Waals surface area contributed by atoms with Gasteiger partial charge < -0.3 is 14.0 Å². The van der Waals surface area contributed by atoms with Crippen molar-refractivity contribution in [3.63, 3.8) is 0 Å². The summed E-state index contributed by atoms with van der Waals surface area (Å²) in [5.41, 5.74) is 1.94. The molecule has 3 aromatic rings. The van der Waals surface area contributed by atoms with Gasteiger partial charge in [-0.25, -0.2) is 4.98 Å². The maximum atomic E-state index is 13.1. The fraction of sp³-hybridized carbons (Fsp3) is 0.474. The number of fused-ring (bicyclic) bond motifs is 1. The van der Waals surface area contributed by atoms with Crippen molar-refractivity contribution in [1.29, 1.82) is 0 Å². The summed E-state index contributed by atoms with van der Waals surface area (Å²) in [6, 6.07) is 7.71. The largest absolute Gasteiger partial charge is 0.344 e. The summed E-state index contributed by atoms with van der Waals surface area (Å²) in [5, 5.41) is 3.89. The first-order valence-electron chi connectivity index (χ1n) is 9.05. The standard InChI is InChI=1S/C19H25N5O2/c1-5-15(19(25)23(4)12-11-17-20-13(3)26-22-17)24-16-10-8-7-9-14(16)21-18(24)6-2/h7-10,15H,5-6,11-12H2,1-4H3. The van der Waals surface area contributed by atoms with E-state index in [1.807, 2.05) is 38.2 Å². The predicted octanol–water partition coefficient (Wildman–Crippen LogP) is 2.94. The Morgan fingerprint density at radius 1 is 1.27 bits per heavy atom. The Kier molecular flexibility index (Phi) is 5.35. The molecule has 1 atom stereocenters. The number of imidazole rings is 1. The molecule has 0 fully saturated rings. The first kappa shape index (κ1) is 18.1. The van der Waals surface area contributed by atoms with Crippen LogP contribution in [0.2, 0.25) is 0 Å². The first-order valence-corrected chi connectivity index (χ1v) is 9.05. The minimum Gasteiger partial charge on any atom is -0.344 e. The fourth-order valence-corrected chi connectivity index (χ4v) is 3.23. The topological polar surface area (TPSA) is 77.0 Å². The molecule has 0 aliphatic heterocycles. The van der Waals surface area contributed by atoms with Crippen molar-refractivity contribution in [2.24, 2.45) is 0 Å². The molecule has 0 aliphatic rings. The highest BCUT2D eigenvalue weighted by Gasteiger charge is 2.26. The maximum Gasteiger partial charge on any atom is 0.245 e. The predicted molar refractivity (Wildman–Crippen MR) is 98.8 cm³/mol. The van der Waals surface area contributed by atoms with Crippen molar-refractivity contribution >= 4 is 16.9 Å². The summed E-state index contributed by atoms with van der Waals surface area (Å²) < 4.78 is 7.08. The number of nitrogens with zero attached hydrogens (tertiary/aromatic N) is 5. The number of carbonyl (C=O) groups is 1. The molecule has 26 heavy (non-hydrogen) atoms. The zero-order valence-electron chi connectivity index (χ0n) is 15.8. The highest BCUT2D eigenvalue weighted by atomic mass is 16.5. The number of rotatable bonds is 7. The van der Waals surface area contributed by atoms with Gasteiger partial charge in [-0.15, -0.1) is 0 Å². The molecule has 0 spiro atoms. The third-order valence-corrected chi connectivity index (χ3v) is 4.59. The zero-order valence-corrected chi connectivity index (χ0v) is 15.8. The van der Waals surface area contributed by atoms with Crippen LogP contribution in [-0.4, -0.2) is 44.1 Å². The van der Waals surface area contributed by atoms with E-state index in [1.165, 1.54) is 0 Å². The van der Waals surface area contributed by atoms with E-state index in [0.29, 0.717) is 31.1 Å². The zero-order chi connectivity index (χ0) is 18.7. The van der Waals surface area contributed by atoms with E-state index in [1.54, 1.807) is 11.8 Å². The van der Waals surface area contributed by atoms with Crippen LogP contribution >= 0.6 is 0 Å². The Balaban J connectivity index is 1.82. The molecule has 0 aliphatic carbocycles. The molecule has 0 radical (unpaired) electrons. The van der Waals surface area contributed by atoms with Crippen molar-refractivity contribution in [3.8, 4) is 0 Å². The van der Waals surface area contributed by atoms with Gasteiger partial charge in [0.1, 0.15) is 11.9 Å². The second-order valence-electron chi connectivity index (χ2n) is 6.40. The van der Waals surface area contributed by atoms with E-state index >= 15 is 0 Å². The lowest BCUT2D eigenvalue weighted by Gasteiger charge is -2.25. The van der Waals surface area contributed by atoms with E-state index in [-0.39, 0.29) is 11.9 Å². The Bertz CT molecular complexity index is 898. The average molecular weight is 355 g/mol. The molecule has 0 bridgehead atoms. The second kappa shape index (κ2) is 7.68. The third kappa shape index (κ3) is 3.47. The summed E-state index contributed by atoms with van der Waals surface area (Å²) >= 11 is 0. The van der Waals surface area contributed by atoms with Gasteiger partial charge in [-0.2, -0.15) is 4.98 Å². The summed E-state index contributed by atoms with van der Waals surface area (Å²) in [7, 11) is 1.82. The molecule has 0 saturated heterocycles. The normalized spacial score (nSPS) is 12.5. The number of benzene rings is 1. The quantitative estimate of drug-likeness (QED) is 0.651. The van der Waals surface area contributed by atoms with Crippen molar-refractivity contribution in [3.05, 3.63) is 41.8 Å². The number of para-hydroxylation sites is 2. The number of aromatic nitrogens is 4. The number of amides is 1. The van der Waals surface area contributed by atoms with Gasteiger partial charge in [-0.05, 0) is 18.6 Å². The molecule has 0 saturated carbocycles. The van der Waals surface area contributed by atoms with Gasteiger partial charge in [0, 0.05) is 33.4 Å². The van der Waals surface area contributed by atoms with E-state index in [4.69, 9.17) is 9.51 Å². The van der Waals surface area contributed by atoms with Gasteiger partial charge in [0.15, 0.2) is 5.82 Å². The Morgan fingerprint density at radius 3 is 2.69 bits per heavy atom. The van der Waals surface area contributed by atoms with Crippen LogP contribution in [0.5, 0.6) is 0 Å². The molecule has 1 aromatic carbocycles. The first-order chi connectivity index (χ1) is 12.5. The minimum absolute atomic E-state index is 0.0746. The lowest BCUT2D eigenvalue weighted by molar-refractivity contribution is -0.133. The van der Waals surface area contributed by atoms with Crippen LogP contribution in [0.4, 0.5) is 0 Å². The average Bonchev–Trinajstić information content (AvgIpc) is 3.23. The number of aryl methyl sites for hydroxylation is 2. The lowest BCUT2D eigenvalue weighted by atomic mass is 10.1. The number of hydrogen-bond donors (Lipinski definition) is 0. The van der Waals surface area contributed by atoms with Crippen LogP contribution < -0.4 is 0 Å². The number of likely N-dealkylation sites (N-methyl/N-ethyl adjacent to an activating group) is 1. The SMILES string of the molecule is CCc1nc2ccccc2n1C(CC)C(=O)N(C)CCc1noc(C)n1. The molecular weight excluding hydrogens is 330 g/mol. The smallest absolute Gasteiger partial charge is 0.245 e. The molecular formula is C19H25N5O2. The van der Waals surface area contributed by atoms with Crippen LogP contribution in [0.25, 0.3) is 11.0 Å². The monoisotopic (exact) mass is 355 g/mol. The van der Waals surface area contributed by atoms with Gasteiger partial charge >= 0.3 is 0 Å². The fourth-order valence-electron chi connectivity index (χ4n) is 3.23. The third-order valence-electron chi connectivity index (χ3n) is 4.59. The van der Waals surface area contributed by atoms with E-state index in [0.717, 1.165) is 23.3 Å². The van der Waals surface area contributed by atoms with E-state index in [2.05, 4.69) is 21.6 Å². The molecule has 2 heterocycles. The molecule has 1 amide bonds. The van der Waals surface area contributed by atoms with Crippen LogP contribution in [0, 0.1) is 6.92 Å². The van der Waals surface area contributed by atoms with Crippen LogP contribution in [-0.2, 0) is 17.6 Å². The van der Waals surface area contributed by atoms with Crippen molar-refractivity contribution < 1.29 is 9.32 Å². The highest BCUT2D eigenvalue weighted by Crippen LogP contribution is 2.25. The Hall–Kier alpha value is -2.70. The summed E-state index contributed by atoms with van der Waals surface area (Å²) in [4.78, 5) is 23.8. The molecule has 7 heteroatoms. The molecule has 3 rings (SSSR count). The lowest BCUT2D eigenvalue weighted by Crippen LogP contribution is -2.36. The van der Waals surface area contributed by atoms with Gasteiger partial charge in [-0.1, -0.05) is 31.1 Å². The van der Waals surface area contributed by atoms with Gasteiger partial charge in [-0.3, -0.25) is 4.79 Å². The Morgan fingerprint density at radius 2 is 2.04 bits per heavy atom. The van der Waals surface area contributed by atoms with Gasteiger partial charge in [0.05, 0.1) is 11.0 Å². The summed E-state index contributed by atoms with van der Waals surface area (Å²) in [6.07, 6.45) is 2.06. The van der Waals surface area contributed by atoms with Crippen molar-refractivity contribution in [2.75, 3.05) is 13.6 Å². The van der Waals surface area contributed by atoms with Gasteiger partial charge in [0.2, 0.25) is 11.8 Å². The summed E-state index contributed by atoms with van der Waals surface area (Å²) in [5.74, 6) is 2.18. The highest BCUT2D eigenvalue weighted by molar-refractivity contribution is 5.84. The van der Waals surface area contributed by atoms with Crippen molar-refractivity contribution in [2.45, 2.75) is 46.1 Å². The molecule has 1 unspecified atom stereocenters. The molecule has 2 aromatic heterocycles. The molecule has 0 N–H and O–H groups in total. The second-order valence-corrected chi connectivity index (χ2v) is 6.40. The van der Waals surface area contributed by atoms with E-state index in [9.17, 15) is 4.79 Å². The van der Waals surface area contributed by atoms with E-state index < -0.39 is 0 Å². The van der Waals surface area contributed by atoms with Gasteiger partial charge in [0.25, 0.3) is 0 Å². The number of hydrogen-bond acceptors (Lipinski definition) is 5. The molecule has 7 nitrogen and oxygen atoms in total. The summed E-state index contributed by atoms with van der Waals surface area (Å²) in [6.45, 7) is 6.40. The van der Waals surface area contributed by atoms with Crippen LogP contribution in [0.3, 0.4) is 0 Å². The Labute approximate surface area is 153 Å². The van der Waals surface area contributed by atoms with Crippen molar-refractivity contribution in [1.82, 2.24) is 24.6 Å².